The molecule has 2 amide bonds. The second-order valence-electron chi connectivity index (χ2n) is 10.1. The number of ether oxygens (including phenoxy) is 2. The molecule has 0 bridgehead atoms. The van der Waals surface area contributed by atoms with E-state index >= 15 is 0 Å². The number of benzene rings is 1. The molecule has 3 rings (SSSR count). The summed E-state index contributed by atoms with van der Waals surface area (Å²) >= 11 is 2.09. The highest BCUT2D eigenvalue weighted by molar-refractivity contribution is 14.1. The Bertz CT molecular complexity index is 980. The first-order chi connectivity index (χ1) is 18.3. The van der Waals surface area contributed by atoms with Crippen LogP contribution in [0.5, 0.6) is 11.5 Å². The average Bonchev–Trinajstić information content (AvgIpc) is 2.93. The summed E-state index contributed by atoms with van der Waals surface area (Å²) in [5.41, 5.74) is 1.06. The molecular formula is C28H41IN2O7. The summed E-state index contributed by atoms with van der Waals surface area (Å²) in [5, 5.41) is 33.1. The molecule has 0 heterocycles. The van der Waals surface area contributed by atoms with Gasteiger partial charge in [-0.1, -0.05) is 26.2 Å². The van der Waals surface area contributed by atoms with E-state index in [1.807, 2.05) is 6.92 Å². The van der Waals surface area contributed by atoms with Crippen LogP contribution in [0, 0.1) is 9.49 Å². The van der Waals surface area contributed by atoms with E-state index in [0.717, 1.165) is 25.7 Å². The Morgan fingerprint density at radius 1 is 1.18 bits per heavy atom. The third-order valence-corrected chi connectivity index (χ3v) is 8.11. The van der Waals surface area contributed by atoms with Crippen molar-refractivity contribution in [2.45, 2.75) is 83.1 Å². The first kappa shape index (κ1) is 30.6. The van der Waals surface area contributed by atoms with Crippen LogP contribution in [0.3, 0.4) is 0 Å². The van der Waals surface area contributed by atoms with E-state index in [1.165, 1.54) is 13.5 Å². The predicted molar refractivity (Wildman–Crippen MR) is 152 cm³/mol. The van der Waals surface area contributed by atoms with Crippen LogP contribution in [0.25, 0.3) is 0 Å². The number of nitrogens with one attached hydrogen (secondary N) is 1. The molecule has 2 aliphatic rings. The van der Waals surface area contributed by atoms with Gasteiger partial charge in [-0.25, -0.2) is 0 Å². The molecule has 0 saturated heterocycles. The highest BCUT2D eigenvalue weighted by Crippen LogP contribution is 2.37. The number of rotatable bonds is 12. The van der Waals surface area contributed by atoms with Crippen molar-refractivity contribution in [3.63, 3.8) is 0 Å². The molecule has 38 heavy (non-hydrogen) atoms. The van der Waals surface area contributed by atoms with Crippen molar-refractivity contribution in [3.05, 3.63) is 32.9 Å². The van der Waals surface area contributed by atoms with Gasteiger partial charge < -0.3 is 35.0 Å². The minimum atomic E-state index is -1.08. The quantitative estimate of drug-likeness (QED) is 0.258. The van der Waals surface area contributed by atoms with Crippen molar-refractivity contribution in [3.8, 4) is 11.5 Å². The van der Waals surface area contributed by atoms with Gasteiger partial charge in [-0.15, -0.1) is 0 Å². The fourth-order valence-corrected chi connectivity index (χ4v) is 6.11. The highest BCUT2D eigenvalue weighted by atomic mass is 127. The standard InChI is InChI=1S/C28H41IN2O7/c1-3-7-25(34)31(16-18-8-5-4-6-9-18)22-14-20(28(36)30-10-11-32)15-23(26(22)35)38-27-21(29)12-19(17-33)13-24(27)37-2/h12-13,15,18,22-23,26,32-33,35H,3-11,14,16-17H2,1-2H3,(H,30,36)/t22-,23+,26+/m1/s1. The molecule has 1 saturated carbocycles. The monoisotopic (exact) mass is 644 g/mol. The van der Waals surface area contributed by atoms with Gasteiger partial charge in [0.15, 0.2) is 11.5 Å². The van der Waals surface area contributed by atoms with Crippen LogP contribution >= 0.6 is 22.6 Å². The predicted octanol–water partition coefficient (Wildman–Crippen LogP) is 2.92. The molecule has 0 spiro atoms. The maximum Gasteiger partial charge on any atom is 0.247 e. The lowest BCUT2D eigenvalue weighted by molar-refractivity contribution is -0.139. The van der Waals surface area contributed by atoms with Crippen LogP contribution in [-0.4, -0.2) is 77.1 Å². The van der Waals surface area contributed by atoms with E-state index in [2.05, 4.69) is 27.9 Å². The van der Waals surface area contributed by atoms with Gasteiger partial charge in [0.1, 0.15) is 12.2 Å². The lowest BCUT2D eigenvalue weighted by Gasteiger charge is -2.42. The fourth-order valence-electron chi connectivity index (χ4n) is 5.32. The van der Waals surface area contributed by atoms with Crippen molar-refractivity contribution < 1.29 is 34.4 Å². The van der Waals surface area contributed by atoms with Gasteiger partial charge in [-0.2, -0.15) is 0 Å². The molecule has 1 fully saturated rings. The zero-order valence-corrected chi connectivity index (χ0v) is 24.5. The van der Waals surface area contributed by atoms with Crippen molar-refractivity contribution >= 4 is 34.4 Å². The zero-order chi connectivity index (χ0) is 27.7. The van der Waals surface area contributed by atoms with Gasteiger partial charge in [0, 0.05) is 31.5 Å². The number of methoxy groups -OCH3 is 1. The third kappa shape index (κ3) is 7.83. The number of halogens is 1. The van der Waals surface area contributed by atoms with Gasteiger partial charge in [0.2, 0.25) is 11.8 Å². The smallest absolute Gasteiger partial charge is 0.247 e. The molecule has 1 aromatic rings. The zero-order valence-electron chi connectivity index (χ0n) is 22.3. The average molecular weight is 645 g/mol. The Morgan fingerprint density at radius 2 is 1.92 bits per heavy atom. The largest absolute Gasteiger partial charge is 0.493 e. The summed E-state index contributed by atoms with van der Waals surface area (Å²) in [6, 6.07) is 2.80. The third-order valence-electron chi connectivity index (χ3n) is 7.30. The first-order valence-electron chi connectivity index (χ1n) is 13.5. The molecule has 212 valence electrons. The number of hydrogen-bond acceptors (Lipinski definition) is 7. The van der Waals surface area contributed by atoms with Crippen molar-refractivity contribution in [1.82, 2.24) is 10.2 Å². The van der Waals surface area contributed by atoms with Crippen LogP contribution in [0.4, 0.5) is 0 Å². The maximum atomic E-state index is 13.4. The second-order valence-corrected chi connectivity index (χ2v) is 11.2. The van der Waals surface area contributed by atoms with Crippen LogP contribution in [-0.2, 0) is 16.2 Å². The van der Waals surface area contributed by atoms with E-state index in [9.17, 15) is 24.9 Å². The number of aliphatic hydroxyl groups excluding tert-OH is 3. The Balaban J connectivity index is 1.97. The fraction of sp³-hybridized carbons (Fsp3) is 0.643. The summed E-state index contributed by atoms with van der Waals surface area (Å²) in [5.74, 6) is 0.761. The number of nitrogens with zero attached hydrogens (tertiary/aromatic N) is 1. The minimum Gasteiger partial charge on any atom is -0.493 e. The van der Waals surface area contributed by atoms with Crippen molar-refractivity contribution in [2.75, 3.05) is 26.8 Å². The van der Waals surface area contributed by atoms with Crippen molar-refractivity contribution in [2.24, 2.45) is 5.92 Å². The molecular weight excluding hydrogens is 603 g/mol. The normalized spacial score (nSPS) is 21.9. The van der Waals surface area contributed by atoms with E-state index in [4.69, 9.17) is 9.47 Å². The maximum absolute atomic E-state index is 13.4. The lowest BCUT2D eigenvalue weighted by Crippen LogP contribution is -2.56. The Morgan fingerprint density at radius 3 is 2.55 bits per heavy atom. The molecule has 0 unspecified atom stereocenters. The number of aliphatic hydroxyl groups is 3. The number of carbonyl (C=O) groups is 2. The summed E-state index contributed by atoms with van der Waals surface area (Å²) < 4.78 is 12.5. The molecule has 0 aliphatic heterocycles. The van der Waals surface area contributed by atoms with Gasteiger partial charge in [0.05, 0.1) is 29.9 Å². The summed E-state index contributed by atoms with van der Waals surface area (Å²) in [4.78, 5) is 28.2. The van der Waals surface area contributed by atoms with Crippen LogP contribution < -0.4 is 14.8 Å². The summed E-state index contributed by atoms with van der Waals surface area (Å²) in [6.07, 6.45) is 6.42. The minimum absolute atomic E-state index is 0.0302. The molecule has 3 atom stereocenters. The lowest BCUT2D eigenvalue weighted by atomic mass is 9.85. The van der Waals surface area contributed by atoms with Crippen LogP contribution in [0.1, 0.15) is 63.9 Å². The molecule has 9 nitrogen and oxygen atoms in total. The Hall–Kier alpha value is -1.89. The number of hydrogen-bond donors (Lipinski definition) is 4. The molecule has 1 aromatic carbocycles. The molecule has 4 N–H and O–H groups in total. The summed E-state index contributed by atoms with van der Waals surface area (Å²) in [6.45, 7) is 2.25. The van der Waals surface area contributed by atoms with E-state index in [1.54, 1.807) is 23.1 Å². The Kier molecular flexibility index (Phi) is 12.1. The van der Waals surface area contributed by atoms with Crippen LogP contribution in [0.2, 0.25) is 0 Å². The molecule has 10 heteroatoms. The van der Waals surface area contributed by atoms with Gasteiger partial charge >= 0.3 is 0 Å². The summed E-state index contributed by atoms with van der Waals surface area (Å²) in [7, 11) is 1.50. The van der Waals surface area contributed by atoms with Gasteiger partial charge in [0.25, 0.3) is 0 Å². The topological polar surface area (TPSA) is 129 Å². The van der Waals surface area contributed by atoms with Crippen molar-refractivity contribution in [1.29, 1.82) is 0 Å². The number of carbonyl (C=O) groups excluding carboxylic acids is 2. The van der Waals surface area contributed by atoms with E-state index in [0.29, 0.717) is 51.5 Å². The van der Waals surface area contributed by atoms with E-state index < -0.39 is 18.2 Å². The Labute approximate surface area is 238 Å². The second kappa shape index (κ2) is 15.0. The number of amides is 2. The van der Waals surface area contributed by atoms with E-state index in [-0.39, 0.29) is 38.0 Å². The molecule has 0 radical (unpaired) electrons. The van der Waals surface area contributed by atoms with Gasteiger partial charge in [-0.05, 0) is 71.5 Å². The first-order valence-corrected chi connectivity index (χ1v) is 14.6. The molecule has 0 aromatic heterocycles. The SMILES string of the molecule is CCCC(=O)N(CC1CCCCC1)[C@@H]1CC(C(=O)NCCO)=C[C@H](Oc2c(I)cc(CO)cc2OC)[C@H]1O. The molecule has 2 aliphatic carbocycles. The van der Waals surface area contributed by atoms with Crippen LogP contribution in [0.15, 0.2) is 23.8 Å². The highest BCUT2D eigenvalue weighted by Gasteiger charge is 2.41. The van der Waals surface area contributed by atoms with Gasteiger partial charge in [-0.3, -0.25) is 9.59 Å².